The molecule has 0 aromatic carbocycles. The Kier molecular flexibility index (Phi) is 5.91. The van der Waals surface area contributed by atoms with Crippen LogP contribution in [0.5, 0.6) is 0 Å². The molecule has 12 heteroatoms. The van der Waals surface area contributed by atoms with Crippen LogP contribution in [0.25, 0.3) is 0 Å². The predicted molar refractivity (Wildman–Crippen MR) is 102 cm³/mol. The minimum absolute atomic E-state index is 0.342. The van der Waals surface area contributed by atoms with E-state index in [0.29, 0.717) is 29.2 Å². The number of nitrogens with one attached hydrogen (secondary N) is 1. The number of amides is 1. The molecule has 0 unspecified atom stereocenters. The lowest BCUT2D eigenvalue weighted by atomic mass is 10.1. The maximum absolute atomic E-state index is 12.0. The van der Waals surface area contributed by atoms with E-state index < -0.39 is 17.2 Å². The van der Waals surface area contributed by atoms with Crippen molar-refractivity contribution in [3.63, 3.8) is 0 Å². The number of nitrogens with zero attached hydrogens (tertiary/aromatic N) is 6. The van der Waals surface area contributed by atoms with Gasteiger partial charge < -0.3 is 19.0 Å². The van der Waals surface area contributed by atoms with Crippen LogP contribution in [-0.4, -0.2) is 42.0 Å². The van der Waals surface area contributed by atoms with Crippen LogP contribution < -0.4 is 5.32 Å². The van der Waals surface area contributed by atoms with Crippen molar-refractivity contribution >= 4 is 17.9 Å². The van der Waals surface area contributed by atoms with Crippen LogP contribution in [0.4, 0.5) is 4.79 Å². The van der Waals surface area contributed by atoms with E-state index in [-0.39, 0.29) is 0 Å². The molecule has 3 aromatic heterocycles. The molecule has 11 nitrogen and oxygen atoms in total. The van der Waals surface area contributed by atoms with Crippen molar-refractivity contribution in [3.05, 3.63) is 35.9 Å². The maximum Gasteiger partial charge on any atom is 0.408 e. The van der Waals surface area contributed by atoms with Crippen molar-refractivity contribution in [2.45, 2.75) is 63.2 Å². The van der Waals surface area contributed by atoms with Crippen LogP contribution >= 0.6 is 11.8 Å². The van der Waals surface area contributed by atoms with Crippen LogP contribution in [0, 0.1) is 0 Å². The number of hydrogen-bond acceptors (Lipinski definition) is 10. The Bertz CT molecular complexity index is 943. The fourth-order valence-electron chi connectivity index (χ4n) is 2.26. The molecular formula is C17H23N7O4S. The van der Waals surface area contributed by atoms with Gasteiger partial charge in [0.2, 0.25) is 11.0 Å². The summed E-state index contributed by atoms with van der Waals surface area (Å²) in [5.41, 5.74) is -1.46. The maximum atomic E-state index is 12.0. The number of alkyl carbamates (subject to hydrolysis) is 1. The van der Waals surface area contributed by atoms with Gasteiger partial charge in [-0.1, -0.05) is 16.9 Å². The molecule has 0 atom stereocenters. The van der Waals surface area contributed by atoms with E-state index in [4.69, 9.17) is 13.7 Å². The minimum Gasteiger partial charge on any atom is -0.467 e. The second-order valence-electron chi connectivity index (χ2n) is 7.75. The molecule has 0 bridgehead atoms. The minimum atomic E-state index is -0.865. The van der Waals surface area contributed by atoms with Crippen molar-refractivity contribution in [2.75, 3.05) is 0 Å². The normalized spacial score (nSPS) is 12.2. The fourth-order valence-corrected chi connectivity index (χ4v) is 2.97. The molecule has 0 saturated heterocycles. The summed E-state index contributed by atoms with van der Waals surface area (Å²) in [6, 6.07) is 3.65. The van der Waals surface area contributed by atoms with E-state index in [0.717, 1.165) is 5.76 Å². The molecule has 1 amide bonds. The van der Waals surface area contributed by atoms with Crippen molar-refractivity contribution in [1.29, 1.82) is 0 Å². The first kappa shape index (κ1) is 20.8. The number of carbonyl (C=O) groups is 1. The molecule has 3 heterocycles. The van der Waals surface area contributed by atoms with Crippen molar-refractivity contribution < 1.29 is 18.5 Å². The van der Waals surface area contributed by atoms with Gasteiger partial charge in [-0.15, -0.1) is 5.10 Å². The summed E-state index contributed by atoms with van der Waals surface area (Å²) in [5.74, 6) is 1.84. The molecule has 0 aliphatic rings. The lowest BCUT2D eigenvalue weighted by molar-refractivity contribution is 0.0465. The predicted octanol–water partition coefficient (Wildman–Crippen LogP) is 2.75. The Hall–Kier alpha value is -2.89. The van der Waals surface area contributed by atoms with Crippen LogP contribution in [0.3, 0.4) is 0 Å². The topological polar surface area (TPSA) is 134 Å². The van der Waals surface area contributed by atoms with Gasteiger partial charge in [-0.3, -0.25) is 0 Å². The summed E-state index contributed by atoms with van der Waals surface area (Å²) in [7, 11) is 0. The molecule has 0 saturated carbocycles. The average Bonchev–Trinajstić information content (AvgIpc) is 3.33. The number of hydrogen-bond donors (Lipinski definition) is 1. The number of furan rings is 1. The van der Waals surface area contributed by atoms with Crippen LogP contribution in [0.1, 0.15) is 52.1 Å². The Morgan fingerprint density at radius 1 is 1.31 bits per heavy atom. The van der Waals surface area contributed by atoms with Gasteiger partial charge in [-0.05, 0) is 57.2 Å². The SMILES string of the molecule is CC(C)(C)OC(=O)NC(C)(C)c1noc(CSc2nnnn2Cc2ccco2)n1. The Labute approximate surface area is 171 Å². The highest BCUT2D eigenvalue weighted by Crippen LogP contribution is 2.23. The first-order valence-electron chi connectivity index (χ1n) is 8.88. The van der Waals surface area contributed by atoms with Crippen LogP contribution in [-0.2, 0) is 22.6 Å². The molecule has 0 fully saturated rings. The lowest BCUT2D eigenvalue weighted by Crippen LogP contribution is -2.44. The van der Waals surface area contributed by atoms with Crippen molar-refractivity contribution in [3.8, 4) is 0 Å². The molecular weight excluding hydrogens is 398 g/mol. The Balaban J connectivity index is 1.59. The van der Waals surface area contributed by atoms with Gasteiger partial charge in [0, 0.05) is 0 Å². The second-order valence-corrected chi connectivity index (χ2v) is 8.69. The summed E-state index contributed by atoms with van der Waals surface area (Å²) < 4.78 is 17.5. The van der Waals surface area contributed by atoms with E-state index in [1.807, 2.05) is 6.07 Å². The largest absolute Gasteiger partial charge is 0.467 e. The number of thioether (sulfide) groups is 1. The van der Waals surface area contributed by atoms with Crippen LogP contribution in [0.2, 0.25) is 0 Å². The number of ether oxygens (including phenoxy) is 1. The lowest BCUT2D eigenvalue weighted by Gasteiger charge is -2.26. The van der Waals surface area contributed by atoms with Gasteiger partial charge in [0.1, 0.15) is 23.4 Å². The highest BCUT2D eigenvalue weighted by molar-refractivity contribution is 7.98. The molecule has 0 aliphatic carbocycles. The zero-order chi connectivity index (χ0) is 21.1. The average molecular weight is 421 g/mol. The summed E-state index contributed by atoms with van der Waals surface area (Å²) in [6.07, 6.45) is 1.04. The van der Waals surface area contributed by atoms with Gasteiger partial charge in [0.05, 0.1) is 12.0 Å². The van der Waals surface area contributed by atoms with Gasteiger partial charge in [0.15, 0.2) is 5.82 Å². The molecule has 156 valence electrons. The van der Waals surface area contributed by atoms with Gasteiger partial charge in [-0.25, -0.2) is 9.48 Å². The summed E-state index contributed by atoms with van der Waals surface area (Å²) in [5, 5.41) is 19.0. The van der Waals surface area contributed by atoms with Gasteiger partial charge in [-0.2, -0.15) is 4.98 Å². The number of carbonyl (C=O) groups excluding carboxylic acids is 1. The van der Waals surface area contributed by atoms with E-state index >= 15 is 0 Å². The second kappa shape index (κ2) is 8.23. The molecule has 1 N–H and O–H groups in total. The fraction of sp³-hybridized carbons (Fsp3) is 0.529. The van der Waals surface area contributed by atoms with Crippen molar-refractivity contribution in [1.82, 2.24) is 35.7 Å². The third kappa shape index (κ3) is 5.79. The zero-order valence-corrected chi connectivity index (χ0v) is 17.7. The highest BCUT2D eigenvalue weighted by atomic mass is 32.2. The summed E-state index contributed by atoms with van der Waals surface area (Å²) in [4.78, 5) is 16.4. The molecule has 3 aromatic rings. The molecule has 0 radical (unpaired) electrons. The van der Waals surface area contributed by atoms with E-state index in [1.165, 1.54) is 11.8 Å². The Morgan fingerprint density at radius 3 is 2.79 bits per heavy atom. The number of aromatic nitrogens is 6. The van der Waals surface area contributed by atoms with E-state index in [1.54, 1.807) is 51.6 Å². The first-order chi connectivity index (χ1) is 13.6. The smallest absolute Gasteiger partial charge is 0.408 e. The van der Waals surface area contributed by atoms with E-state index in [9.17, 15) is 4.79 Å². The number of rotatable bonds is 7. The quantitative estimate of drug-likeness (QED) is 0.567. The molecule has 3 rings (SSSR count). The zero-order valence-electron chi connectivity index (χ0n) is 16.9. The third-order valence-corrected chi connectivity index (χ3v) is 4.49. The van der Waals surface area contributed by atoms with E-state index in [2.05, 4.69) is 31.0 Å². The van der Waals surface area contributed by atoms with Crippen molar-refractivity contribution in [2.24, 2.45) is 0 Å². The monoisotopic (exact) mass is 421 g/mol. The highest BCUT2D eigenvalue weighted by Gasteiger charge is 2.31. The third-order valence-electron chi connectivity index (χ3n) is 3.55. The molecule has 29 heavy (non-hydrogen) atoms. The first-order valence-corrected chi connectivity index (χ1v) is 9.86. The number of tetrazole rings is 1. The summed E-state index contributed by atoms with van der Waals surface area (Å²) >= 11 is 1.35. The Morgan fingerprint density at radius 2 is 2.10 bits per heavy atom. The summed E-state index contributed by atoms with van der Waals surface area (Å²) in [6.45, 7) is 9.34. The van der Waals surface area contributed by atoms with Gasteiger partial charge >= 0.3 is 6.09 Å². The van der Waals surface area contributed by atoms with Crippen LogP contribution in [0.15, 0.2) is 32.5 Å². The molecule has 0 aliphatic heterocycles. The molecule has 0 spiro atoms. The van der Waals surface area contributed by atoms with Gasteiger partial charge in [0.25, 0.3) is 0 Å². The standard InChI is InChI=1S/C17H23N7O4S/c1-16(2,3)27-15(25)19-17(4,5)13-18-12(28-21-13)10-29-14-20-22-23-24(14)9-11-7-6-8-26-11/h6-8H,9-10H2,1-5H3,(H,19,25).